The Labute approximate surface area is 118 Å². The van der Waals surface area contributed by atoms with E-state index in [1.165, 1.54) is 17.5 Å². The minimum Gasteiger partial charge on any atom is -0.478 e. The van der Waals surface area contributed by atoms with Crippen LogP contribution in [-0.4, -0.2) is 37.3 Å². The Morgan fingerprint density at radius 1 is 1.47 bits per heavy atom. The Hall–Kier alpha value is -1.44. The predicted molar refractivity (Wildman–Crippen MR) is 70.4 cm³/mol. The predicted octanol–water partition coefficient (Wildman–Crippen LogP) is 1.71. The Bertz CT molecular complexity index is 624. The number of nitrogens with zero attached hydrogens (tertiary/aromatic N) is 4. The van der Waals surface area contributed by atoms with Crippen LogP contribution in [0.5, 0.6) is 0 Å². The topological polar surface area (TPSA) is 71.2 Å². The number of carboxylic acid groups (broad SMARTS) is 1. The first-order valence-corrected chi connectivity index (χ1v) is 6.93. The molecule has 1 aliphatic heterocycles. The summed E-state index contributed by atoms with van der Waals surface area (Å²) in [4.78, 5) is 17.5. The van der Waals surface area contributed by atoms with Crippen molar-refractivity contribution in [2.75, 3.05) is 6.54 Å². The van der Waals surface area contributed by atoms with Gasteiger partial charge < -0.3 is 5.11 Å². The molecule has 0 unspecified atom stereocenters. The molecule has 1 N–H and O–H groups in total. The molecule has 100 valence electrons. The monoisotopic (exact) mass is 298 g/mol. The first kappa shape index (κ1) is 12.6. The number of rotatable bonds is 3. The highest BCUT2D eigenvalue weighted by molar-refractivity contribution is 7.15. The van der Waals surface area contributed by atoms with E-state index in [2.05, 4.69) is 15.0 Å². The molecule has 0 spiro atoms. The molecule has 0 bridgehead atoms. The van der Waals surface area contributed by atoms with E-state index >= 15 is 0 Å². The molecule has 2 aromatic heterocycles. The van der Waals surface area contributed by atoms with Crippen LogP contribution in [0.25, 0.3) is 0 Å². The van der Waals surface area contributed by atoms with Crippen LogP contribution in [0, 0.1) is 0 Å². The quantitative estimate of drug-likeness (QED) is 0.934. The van der Waals surface area contributed by atoms with Crippen LogP contribution in [0.15, 0.2) is 12.4 Å². The van der Waals surface area contributed by atoms with E-state index in [1.807, 2.05) is 0 Å². The van der Waals surface area contributed by atoms with Crippen molar-refractivity contribution in [1.29, 1.82) is 0 Å². The molecular weight excluding hydrogens is 288 g/mol. The van der Waals surface area contributed by atoms with Gasteiger partial charge in [-0.15, -0.1) is 11.3 Å². The van der Waals surface area contributed by atoms with Crippen molar-refractivity contribution in [2.45, 2.75) is 19.6 Å². The van der Waals surface area contributed by atoms with Gasteiger partial charge in [-0.3, -0.25) is 9.58 Å². The maximum atomic E-state index is 11.1. The third kappa shape index (κ3) is 2.49. The molecule has 3 heterocycles. The Morgan fingerprint density at radius 2 is 2.32 bits per heavy atom. The van der Waals surface area contributed by atoms with Gasteiger partial charge in [-0.1, -0.05) is 11.6 Å². The largest absolute Gasteiger partial charge is 0.478 e. The molecule has 0 fully saturated rings. The molecule has 0 radical (unpaired) electrons. The van der Waals surface area contributed by atoms with E-state index in [4.69, 9.17) is 16.7 Å². The van der Waals surface area contributed by atoms with Crippen LogP contribution in [0.4, 0.5) is 0 Å². The highest BCUT2D eigenvalue weighted by Gasteiger charge is 2.23. The van der Waals surface area contributed by atoms with Gasteiger partial charge in [0.15, 0.2) is 0 Å². The molecule has 0 saturated heterocycles. The standard InChI is InChI=1S/C11H11ClN4O2S/c12-9-4-13-10(19-9)6-15-1-2-16-8(5-15)7(3-14-16)11(17)18/h3-4H,1-2,5-6H2,(H,17,18). The summed E-state index contributed by atoms with van der Waals surface area (Å²) in [7, 11) is 0. The van der Waals surface area contributed by atoms with Crippen LogP contribution in [-0.2, 0) is 19.6 Å². The molecule has 0 aliphatic carbocycles. The summed E-state index contributed by atoms with van der Waals surface area (Å²) in [5.74, 6) is -0.930. The Kier molecular flexibility index (Phi) is 3.26. The normalized spacial score (nSPS) is 15.4. The lowest BCUT2D eigenvalue weighted by molar-refractivity contribution is 0.0692. The highest BCUT2D eigenvalue weighted by atomic mass is 35.5. The van der Waals surface area contributed by atoms with E-state index in [1.54, 1.807) is 10.9 Å². The lowest BCUT2D eigenvalue weighted by Gasteiger charge is -2.27. The van der Waals surface area contributed by atoms with Crippen molar-refractivity contribution in [3.8, 4) is 0 Å². The fourth-order valence-electron chi connectivity index (χ4n) is 2.16. The molecular formula is C11H11ClN4O2S. The van der Waals surface area contributed by atoms with Gasteiger partial charge in [0.05, 0.1) is 31.2 Å². The number of hydrogen-bond acceptors (Lipinski definition) is 5. The SMILES string of the molecule is O=C(O)c1cnn2c1CN(Cc1ncc(Cl)s1)CC2. The molecule has 1 aliphatic rings. The molecule has 19 heavy (non-hydrogen) atoms. The summed E-state index contributed by atoms with van der Waals surface area (Å²) in [5, 5.41) is 14.1. The number of carbonyl (C=O) groups is 1. The third-order valence-electron chi connectivity index (χ3n) is 3.06. The van der Waals surface area contributed by atoms with Gasteiger partial charge in [0.1, 0.15) is 14.9 Å². The van der Waals surface area contributed by atoms with E-state index in [0.717, 1.165) is 17.2 Å². The molecule has 0 amide bonds. The zero-order chi connectivity index (χ0) is 13.4. The van der Waals surface area contributed by atoms with E-state index in [-0.39, 0.29) is 5.56 Å². The van der Waals surface area contributed by atoms with Gasteiger partial charge in [-0.25, -0.2) is 9.78 Å². The maximum absolute atomic E-state index is 11.1. The lowest BCUT2D eigenvalue weighted by Crippen LogP contribution is -2.34. The van der Waals surface area contributed by atoms with Crippen LogP contribution < -0.4 is 0 Å². The van der Waals surface area contributed by atoms with Crippen LogP contribution in [0.1, 0.15) is 21.1 Å². The van der Waals surface area contributed by atoms with Crippen molar-refractivity contribution in [3.63, 3.8) is 0 Å². The number of carboxylic acids is 1. The van der Waals surface area contributed by atoms with Gasteiger partial charge in [0.2, 0.25) is 0 Å². The smallest absolute Gasteiger partial charge is 0.339 e. The Morgan fingerprint density at radius 3 is 3.00 bits per heavy atom. The molecule has 3 rings (SSSR count). The molecule has 8 heteroatoms. The van der Waals surface area contributed by atoms with E-state index in [9.17, 15) is 4.79 Å². The summed E-state index contributed by atoms with van der Waals surface area (Å²) in [6.45, 7) is 2.77. The van der Waals surface area contributed by atoms with Gasteiger partial charge in [-0.2, -0.15) is 5.10 Å². The number of fused-ring (bicyclic) bond motifs is 1. The van der Waals surface area contributed by atoms with Crippen LogP contribution >= 0.6 is 22.9 Å². The van der Waals surface area contributed by atoms with Crippen LogP contribution in [0.2, 0.25) is 4.34 Å². The van der Waals surface area contributed by atoms with Gasteiger partial charge in [0.25, 0.3) is 0 Å². The maximum Gasteiger partial charge on any atom is 0.339 e. The van der Waals surface area contributed by atoms with Crippen LogP contribution in [0.3, 0.4) is 0 Å². The van der Waals surface area contributed by atoms with Gasteiger partial charge in [0, 0.05) is 13.1 Å². The number of aromatic carboxylic acids is 1. The van der Waals surface area contributed by atoms with Crippen molar-refractivity contribution in [1.82, 2.24) is 19.7 Å². The third-order valence-corrected chi connectivity index (χ3v) is 4.16. The molecule has 0 saturated carbocycles. The summed E-state index contributed by atoms with van der Waals surface area (Å²) >= 11 is 7.30. The van der Waals surface area contributed by atoms with Crippen molar-refractivity contribution >= 4 is 28.9 Å². The van der Waals surface area contributed by atoms with Gasteiger partial charge >= 0.3 is 5.97 Å². The summed E-state index contributed by atoms with van der Waals surface area (Å²) in [5.41, 5.74) is 1.03. The minimum atomic E-state index is -0.930. The van der Waals surface area contributed by atoms with Crippen molar-refractivity contribution < 1.29 is 9.90 Å². The fourth-order valence-corrected chi connectivity index (χ4v) is 3.16. The highest BCUT2D eigenvalue weighted by Crippen LogP contribution is 2.22. The Balaban J connectivity index is 1.77. The summed E-state index contributed by atoms with van der Waals surface area (Å²) < 4.78 is 2.43. The second kappa shape index (κ2) is 4.92. The van der Waals surface area contributed by atoms with Crippen molar-refractivity contribution in [3.05, 3.63) is 33.0 Å². The van der Waals surface area contributed by atoms with Gasteiger partial charge in [-0.05, 0) is 0 Å². The minimum absolute atomic E-state index is 0.280. The van der Waals surface area contributed by atoms with Crippen molar-refractivity contribution in [2.24, 2.45) is 0 Å². The molecule has 2 aromatic rings. The molecule has 0 atom stereocenters. The van der Waals surface area contributed by atoms with E-state index < -0.39 is 5.97 Å². The first-order chi connectivity index (χ1) is 9.13. The zero-order valence-corrected chi connectivity index (χ0v) is 11.5. The number of thiazole rings is 1. The summed E-state index contributed by atoms with van der Waals surface area (Å²) in [6, 6.07) is 0. The average Bonchev–Trinajstić information content (AvgIpc) is 2.95. The molecule has 0 aromatic carbocycles. The zero-order valence-electron chi connectivity index (χ0n) is 9.91. The number of aromatic nitrogens is 3. The molecule has 6 nitrogen and oxygen atoms in total. The fraction of sp³-hybridized carbons (Fsp3) is 0.364. The summed E-state index contributed by atoms with van der Waals surface area (Å²) in [6.07, 6.45) is 3.06. The lowest BCUT2D eigenvalue weighted by atomic mass is 10.2. The number of halogens is 1. The first-order valence-electron chi connectivity index (χ1n) is 5.74. The average molecular weight is 299 g/mol. The van der Waals surface area contributed by atoms with E-state index in [0.29, 0.717) is 24.0 Å². The number of hydrogen-bond donors (Lipinski definition) is 1. The second-order valence-electron chi connectivity index (χ2n) is 4.30. The second-order valence-corrected chi connectivity index (χ2v) is 6.05.